The van der Waals surface area contributed by atoms with Crippen LogP contribution in [0.25, 0.3) is 60.5 Å². The first kappa shape index (κ1) is 29.9. The second-order valence-corrected chi connectivity index (χ2v) is 13.3. The van der Waals surface area contributed by atoms with Crippen molar-refractivity contribution in [1.29, 1.82) is 0 Å². The molecule has 0 aliphatic heterocycles. The molecule has 0 bridgehead atoms. The van der Waals surface area contributed by atoms with E-state index < -0.39 is 0 Å². The van der Waals surface area contributed by atoms with Gasteiger partial charge in [-0.25, -0.2) is 0 Å². The van der Waals surface area contributed by atoms with Crippen LogP contribution in [0.15, 0.2) is 194 Å². The van der Waals surface area contributed by atoms with Gasteiger partial charge in [0, 0.05) is 22.4 Å². The van der Waals surface area contributed by atoms with E-state index in [2.05, 4.69) is 199 Å². The molecule has 8 aromatic carbocycles. The van der Waals surface area contributed by atoms with E-state index in [1.54, 1.807) is 0 Å². The van der Waals surface area contributed by atoms with E-state index in [1.807, 2.05) is 0 Å². The van der Waals surface area contributed by atoms with E-state index in [0.717, 1.165) is 12.8 Å². The second-order valence-electron chi connectivity index (χ2n) is 13.3. The SMILES string of the molecule is c1ccc(CCC(c2ccc(-c3ccc4c(c3)c3ccccc3n4-c3ccc(-c4ccccc4)cc3)cc2)c2cccc3ccccc23)cc1. The van der Waals surface area contributed by atoms with Gasteiger partial charge in [0.15, 0.2) is 0 Å². The number of aromatic nitrogens is 1. The Morgan fingerprint density at radius 3 is 1.78 bits per heavy atom. The van der Waals surface area contributed by atoms with Crippen molar-refractivity contribution in [1.82, 2.24) is 4.57 Å². The first-order valence-corrected chi connectivity index (χ1v) is 17.6. The van der Waals surface area contributed by atoms with Gasteiger partial charge in [-0.15, -0.1) is 0 Å². The zero-order chi connectivity index (χ0) is 33.3. The van der Waals surface area contributed by atoms with E-state index in [4.69, 9.17) is 0 Å². The first-order chi connectivity index (χ1) is 24.8. The van der Waals surface area contributed by atoms with Crippen LogP contribution >= 0.6 is 0 Å². The van der Waals surface area contributed by atoms with Crippen LogP contribution < -0.4 is 0 Å². The maximum Gasteiger partial charge on any atom is 0.0541 e. The minimum atomic E-state index is 0.295. The van der Waals surface area contributed by atoms with Gasteiger partial charge in [-0.1, -0.05) is 164 Å². The number of fused-ring (bicyclic) bond motifs is 4. The fraction of sp³-hybridized carbons (Fsp3) is 0.0612. The number of hydrogen-bond acceptors (Lipinski definition) is 0. The molecule has 50 heavy (non-hydrogen) atoms. The molecule has 0 aliphatic rings. The van der Waals surface area contributed by atoms with E-state index >= 15 is 0 Å². The van der Waals surface area contributed by atoms with E-state index in [1.165, 1.54) is 77.2 Å². The quantitative estimate of drug-likeness (QED) is 0.156. The highest BCUT2D eigenvalue weighted by atomic mass is 15.0. The van der Waals surface area contributed by atoms with E-state index in [9.17, 15) is 0 Å². The van der Waals surface area contributed by atoms with Crippen molar-refractivity contribution in [3.05, 3.63) is 211 Å². The van der Waals surface area contributed by atoms with Crippen LogP contribution in [0.4, 0.5) is 0 Å². The van der Waals surface area contributed by atoms with Crippen molar-refractivity contribution < 1.29 is 0 Å². The number of aryl methyl sites for hydroxylation is 1. The van der Waals surface area contributed by atoms with Gasteiger partial charge in [0.25, 0.3) is 0 Å². The lowest BCUT2D eigenvalue weighted by Crippen LogP contribution is -2.04. The molecule has 0 saturated heterocycles. The molecule has 0 spiro atoms. The van der Waals surface area contributed by atoms with Crippen molar-refractivity contribution in [3.63, 3.8) is 0 Å². The lowest BCUT2D eigenvalue weighted by atomic mass is 9.83. The molecule has 9 rings (SSSR count). The van der Waals surface area contributed by atoms with Crippen molar-refractivity contribution >= 4 is 32.6 Å². The lowest BCUT2D eigenvalue weighted by Gasteiger charge is -2.21. The van der Waals surface area contributed by atoms with Crippen LogP contribution in [-0.4, -0.2) is 4.57 Å². The number of benzene rings is 8. The summed E-state index contributed by atoms with van der Waals surface area (Å²) < 4.78 is 2.40. The fourth-order valence-corrected chi connectivity index (χ4v) is 7.78. The molecule has 1 aromatic heterocycles. The van der Waals surface area contributed by atoms with Crippen LogP contribution in [0, 0.1) is 0 Å². The third-order valence-electron chi connectivity index (χ3n) is 10.3. The molecule has 0 N–H and O–H groups in total. The third kappa shape index (κ3) is 5.57. The van der Waals surface area contributed by atoms with Crippen molar-refractivity contribution in [2.24, 2.45) is 0 Å². The van der Waals surface area contributed by atoms with Gasteiger partial charge in [0.2, 0.25) is 0 Å². The third-order valence-corrected chi connectivity index (χ3v) is 10.3. The normalized spacial score (nSPS) is 12.1. The Morgan fingerprint density at radius 2 is 0.980 bits per heavy atom. The van der Waals surface area contributed by atoms with Crippen LogP contribution in [0.1, 0.15) is 29.0 Å². The highest BCUT2D eigenvalue weighted by Crippen LogP contribution is 2.38. The van der Waals surface area contributed by atoms with Gasteiger partial charge in [-0.3, -0.25) is 0 Å². The molecule has 1 heteroatoms. The summed E-state index contributed by atoms with van der Waals surface area (Å²) in [6.07, 6.45) is 2.08. The summed E-state index contributed by atoms with van der Waals surface area (Å²) in [7, 11) is 0. The molecule has 0 saturated carbocycles. The molecule has 1 heterocycles. The molecular weight excluding hydrogens is 603 g/mol. The largest absolute Gasteiger partial charge is 0.309 e. The summed E-state index contributed by atoms with van der Waals surface area (Å²) in [4.78, 5) is 0. The second kappa shape index (κ2) is 13.0. The van der Waals surface area contributed by atoms with E-state index in [0.29, 0.717) is 5.92 Å². The van der Waals surface area contributed by atoms with Crippen LogP contribution in [0.2, 0.25) is 0 Å². The topological polar surface area (TPSA) is 4.93 Å². The lowest BCUT2D eigenvalue weighted by molar-refractivity contribution is 0.720. The molecule has 1 atom stereocenters. The number of nitrogens with zero attached hydrogens (tertiary/aromatic N) is 1. The summed E-state index contributed by atoms with van der Waals surface area (Å²) in [5.41, 5.74) is 12.7. The summed E-state index contributed by atoms with van der Waals surface area (Å²) >= 11 is 0. The van der Waals surface area contributed by atoms with Gasteiger partial charge < -0.3 is 4.57 Å². The standard InChI is InChI=1S/C49H37N/c1-3-12-35(13-4-1)22-32-44(45-20-11-17-39-16-7-8-18-43(39)45)40-25-23-38(24-26-40)41-29-33-49-47(34-41)46-19-9-10-21-48(46)50(49)42-30-27-37(28-31-42)36-14-5-2-6-15-36/h1-21,23-31,33-34,44H,22,32H2. The minimum absolute atomic E-state index is 0.295. The Hall–Kier alpha value is -6.18. The maximum absolute atomic E-state index is 2.40. The summed E-state index contributed by atoms with van der Waals surface area (Å²) in [5, 5.41) is 5.18. The van der Waals surface area contributed by atoms with Crippen LogP contribution in [-0.2, 0) is 6.42 Å². The van der Waals surface area contributed by atoms with Crippen LogP contribution in [0.5, 0.6) is 0 Å². The highest BCUT2D eigenvalue weighted by molar-refractivity contribution is 6.10. The molecular formula is C49H37N. The predicted molar refractivity (Wildman–Crippen MR) is 212 cm³/mol. The Morgan fingerprint density at radius 1 is 0.400 bits per heavy atom. The fourth-order valence-electron chi connectivity index (χ4n) is 7.78. The molecule has 0 radical (unpaired) electrons. The van der Waals surface area contributed by atoms with Crippen LogP contribution in [0.3, 0.4) is 0 Å². The van der Waals surface area contributed by atoms with Crippen molar-refractivity contribution in [2.75, 3.05) is 0 Å². The Labute approximate surface area is 293 Å². The number of rotatable bonds is 8. The Balaban J connectivity index is 1.08. The molecule has 9 aromatic rings. The Kier molecular flexibility index (Phi) is 7.80. The van der Waals surface area contributed by atoms with Gasteiger partial charge in [-0.2, -0.15) is 0 Å². The zero-order valence-electron chi connectivity index (χ0n) is 27.9. The van der Waals surface area contributed by atoms with Gasteiger partial charge in [0.1, 0.15) is 0 Å². The molecule has 1 unspecified atom stereocenters. The zero-order valence-corrected chi connectivity index (χ0v) is 27.9. The summed E-state index contributed by atoms with van der Waals surface area (Å²) in [5.74, 6) is 0.295. The monoisotopic (exact) mass is 639 g/mol. The van der Waals surface area contributed by atoms with E-state index in [-0.39, 0.29) is 0 Å². The molecule has 0 fully saturated rings. The van der Waals surface area contributed by atoms with Gasteiger partial charge >= 0.3 is 0 Å². The Bertz CT molecular complexity index is 2550. The molecule has 0 aliphatic carbocycles. The van der Waals surface area contributed by atoms with Crippen molar-refractivity contribution in [2.45, 2.75) is 18.8 Å². The minimum Gasteiger partial charge on any atom is -0.309 e. The van der Waals surface area contributed by atoms with Gasteiger partial charge in [0.05, 0.1) is 11.0 Å². The maximum atomic E-state index is 2.40. The van der Waals surface area contributed by atoms with Crippen molar-refractivity contribution in [3.8, 4) is 27.9 Å². The number of hydrogen-bond donors (Lipinski definition) is 0. The first-order valence-electron chi connectivity index (χ1n) is 17.6. The van der Waals surface area contributed by atoms with Gasteiger partial charge in [-0.05, 0) is 92.9 Å². The summed E-state index contributed by atoms with van der Waals surface area (Å²) in [6.45, 7) is 0. The average molecular weight is 640 g/mol. The highest BCUT2D eigenvalue weighted by Gasteiger charge is 2.18. The smallest absolute Gasteiger partial charge is 0.0541 e. The average Bonchev–Trinajstić information content (AvgIpc) is 3.53. The molecule has 238 valence electrons. The molecule has 1 nitrogen and oxygen atoms in total. The molecule has 0 amide bonds. The number of para-hydroxylation sites is 1. The summed E-state index contributed by atoms with van der Waals surface area (Å²) in [6, 6.07) is 71.0. The predicted octanol–water partition coefficient (Wildman–Crippen LogP) is 13.0.